The Morgan fingerprint density at radius 3 is 2.30 bits per heavy atom. The number of nitrogens with zero attached hydrogens (tertiary/aromatic N) is 1. The minimum absolute atomic E-state index is 0.679. The normalized spacial score (nSPS) is 9.15. The maximum Gasteiger partial charge on any atom is 0.148 e. The lowest BCUT2D eigenvalue weighted by Gasteiger charge is -2.12. The molecule has 0 aliphatic carbocycles. The molecule has 0 amide bonds. The van der Waals surface area contributed by atoms with Gasteiger partial charge < -0.3 is 4.74 Å². The third-order valence-electron chi connectivity index (χ3n) is 2.79. The van der Waals surface area contributed by atoms with E-state index in [2.05, 4.69) is 31.0 Å². The van der Waals surface area contributed by atoms with Gasteiger partial charge in [0.15, 0.2) is 0 Å². The van der Waals surface area contributed by atoms with E-state index in [4.69, 9.17) is 4.74 Å². The third kappa shape index (κ3) is 4.22. The lowest BCUT2D eigenvalue weighted by molar-refractivity contribution is 0.341. The summed E-state index contributed by atoms with van der Waals surface area (Å²) in [7, 11) is 0. The van der Waals surface area contributed by atoms with Gasteiger partial charge in [0.25, 0.3) is 0 Å². The van der Waals surface area contributed by atoms with E-state index in [0.29, 0.717) is 6.61 Å². The number of rotatable bonds is 3. The average Bonchev–Trinajstić information content (AvgIpc) is 2.53. The number of ether oxygens (including phenoxy) is 1. The molecular formula is C18H29NO. The van der Waals surface area contributed by atoms with Crippen LogP contribution >= 0.6 is 0 Å². The van der Waals surface area contributed by atoms with Crippen LogP contribution in [0.2, 0.25) is 0 Å². The van der Waals surface area contributed by atoms with Crippen molar-refractivity contribution in [1.82, 2.24) is 4.98 Å². The summed E-state index contributed by atoms with van der Waals surface area (Å²) in [5.41, 5.74) is 3.50. The molecule has 0 N–H and O–H groups in total. The van der Waals surface area contributed by atoms with Crippen LogP contribution in [0.3, 0.4) is 0 Å². The SMILES string of the molecule is CC.CC.CCOc1c(C)cc(CC)c2cccnc12. The first-order chi connectivity index (χ1) is 9.77. The van der Waals surface area contributed by atoms with Crippen molar-refractivity contribution in [1.29, 1.82) is 0 Å². The Morgan fingerprint density at radius 1 is 1.10 bits per heavy atom. The summed E-state index contributed by atoms with van der Waals surface area (Å²) in [5.74, 6) is 0.926. The van der Waals surface area contributed by atoms with E-state index < -0.39 is 0 Å². The summed E-state index contributed by atoms with van der Waals surface area (Å²) in [6.45, 7) is 14.9. The van der Waals surface area contributed by atoms with Crippen LogP contribution in [-0.2, 0) is 6.42 Å². The summed E-state index contributed by atoms with van der Waals surface area (Å²) in [5, 5.41) is 1.21. The second kappa shape index (κ2) is 10.2. The lowest BCUT2D eigenvalue weighted by Crippen LogP contribution is -1.98. The molecule has 0 radical (unpaired) electrons. The van der Waals surface area contributed by atoms with Gasteiger partial charge in [0.1, 0.15) is 11.3 Å². The van der Waals surface area contributed by atoms with Gasteiger partial charge in [-0.2, -0.15) is 0 Å². The molecule has 2 heteroatoms. The second-order valence-corrected chi connectivity index (χ2v) is 3.87. The number of hydrogen-bond acceptors (Lipinski definition) is 2. The lowest BCUT2D eigenvalue weighted by atomic mass is 10.0. The number of aryl methyl sites for hydroxylation is 2. The molecule has 1 heterocycles. The first-order valence-electron chi connectivity index (χ1n) is 7.78. The van der Waals surface area contributed by atoms with E-state index in [1.165, 1.54) is 16.5 Å². The van der Waals surface area contributed by atoms with Crippen molar-refractivity contribution in [3.05, 3.63) is 35.5 Å². The summed E-state index contributed by atoms with van der Waals surface area (Å²) >= 11 is 0. The average molecular weight is 275 g/mol. The molecule has 0 aliphatic rings. The van der Waals surface area contributed by atoms with Crippen molar-refractivity contribution in [2.24, 2.45) is 0 Å². The van der Waals surface area contributed by atoms with Gasteiger partial charge in [-0.3, -0.25) is 4.98 Å². The fraction of sp³-hybridized carbons (Fsp3) is 0.500. The Kier molecular flexibility index (Phi) is 9.44. The zero-order valence-corrected chi connectivity index (χ0v) is 14.1. The first-order valence-corrected chi connectivity index (χ1v) is 7.78. The molecule has 0 fully saturated rings. The van der Waals surface area contributed by atoms with Crippen LogP contribution in [0, 0.1) is 6.92 Å². The zero-order chi connectivity index (χ0) is 15.5. The summed E-state index contributed by atoms with van der Waals surface area (Å²) < 4.78 is 5.69. The molecule has 0 saturated carbocycles. The van der Waals surface area contributed by atoms with Crippen molar-refractivity contribution in [3.8, 4) is 5.75 Å². The van der Waals surface area contributed by atoms with Crippen molar-refractivity contribution < 1.29 is 4.74 Å². The van der Waals surface area contributed by atoms with Crippen molar-refractivity contribution in [2.75, 3.05) is 6.61 Å². The molecule has 2 rings (SSSR count). The highest BCUT2D eigenvalue weighted by Gasteiger charge is 2.10. The fourth-order valence-electron chi connectivity index (χ4n) is 2.06. The van der Waals surface area contributed by atoms with Crippen LogP contribution in [0.15, 0.2) is 24.4 Å². The molecule has 0 saturated heterocycles. The first kappa shape index (κ1) is 18.4. The molecule has 2 nitrogen and oxygen atoms in total. The summed E-state index contributed by atoms with van der Waals surface area (Å²) in [4.78, 5) is 4.44. The van der Waals surface area contributed by atoms with Gasteiger partial charge in [0.05, 0.1) is 6.61 Å². The van der Waals surface area contributed by atoms with Crippen LogP contribution in [0.25, 0.3) is 10.9 Å². The Balaban J connectivity index is 0.000000829. The topological polar surface area (TPSA) is 22.1 Å². The van der Waals surface area contributed by atoms with Crippen molar-refractivity contribution >= 4 is 10.9 Å². The van der Waals surface area contributed by atoms with E-state index >= 15 is 0 Å². The summed E-state index contributed by atoms with van der Waals surface area (Å²) in [6, 6.07) is 6.30. The van der Waals surface area contributed by atoms with Crippen LogP contribution in [0.5, 0.6) is 5.75 Å². The number of benzene rings is 1. The van der Waals surface area contributed by atoms with Gasteiger partial charge in [-0.25, -0.2) is 0 Å². The third-order valence-corrected chi connectivity index (χ3v) is 2.79. The molecule has 112 valence electrons. The van der Waals surface area contributed by atoms with E-state index in [0.717, 1.165) is 17.7 Å². The highest BCUT2D eigenvalue weighted by atomic mass is 16.5. The highest BCUT2D eigenvalue weighted by Crippen LogP contribution is 2.30. The number of aromatic nitrogens is 1. The molecule has 1 aromatic carbocycles. The minimum Gasteiger partial charge on any atom is -0.491 e. The predicted octanol–water partition coefficient (Wildman–Crippen LogP) is 5.56. The Hall–Kier alpha value is -1.57. The molecule has 0 unspecified atom stereocenters. The van der Waals surface area contributed by atoms with Gasteiger partial charge in [0.2, 0.25) is 0 Å². The Labute approximate surface area is 124 Å². The van der Waals surface area contributed by atoms with Gasteiger partial charge in [-0.1, -0.05) is 46.8 Å². The molecule has 0 bridgehead atoms. The second-order valence-electron chi connectivity index (χ2n) is 3.87. The van der Waals surface area contributed by atoms with Gasteiger partial charge in [0, 0.05) is 11.6 Å². The fourth-order valence-corrected chi connectivity index (χ4v) is 2.06. The van der Waals surface area contributed by atoms with Crippen LogP contribution < -0.4 is 4.74 Å². The van der Waals surface area contributed by atoms with E-state index in [-0.39, 0.29) is 0 Å². The number of pyridine rings is 1. The molecule has 1 aromatic heterocycles. The maximum absolute atomic E-state index is 5.69. The van der Waals surface area contributed by atoms with E-state index in [1.54, 1.807) is 0 Å². The molecular weight excluding hydrogens is 246 g/mol. The van der Waals surface area contributed by atoms with E-state index in [9.17, 15) is 0 Å². The highest BCUT2D eigenvalue weighted by molar-refractivity contribution is 5.88. The zero-order valence-electron chi connectivity index (χ0n) is 14.1. The molecule has 0 atom stereocenters. The van der Waals surface area contributed by atoms with E-state index in [1.807, 2.05) is 46.9 Å². The smallest absolute Gasteiger partial charge is 0.148 e. The van der Waals surface area contributed by atoms with Crippen molar-refractivity contribution in [2.45, 2.75) is 54.9 Å². The molecule has 20 heavy (non-hydrogen) atoms. The Bertz CT molecular complexity index is 506. The van der Waals surface area contributed by atoms with Crippen LogP contribution in [-0.4, -0.2) is 11.6 Å². The van der Waals surface area contributed by atoms with Gasteiger partial charge in [-0.15, -0.1) is 0 Å². The molecule has 0 spiro atoms. The van der Waals surface area contributed by atoms with Crippen molar-refractivity contribution in [3.63, 3.8) is 0 Å². The quantitative estimate of drug-likeness (QED) is 0.732. The molecule has 0 aliphatic heterocycles. The van der Waals surface area contributed by atoms with Crippen LogP contribution in [0.4, 0.5) is 0 Å². The maximum atomic E-state index is 5.69. The predicted molar refractivity (Wildman–Crippen MR) is 89.7 cm³/mol. The minimum atomic E-state index is 0.679. The van der Waals surface area contributed by atoms with Gasteiger partial charge in [-0.05, 0) is 37.5 Å². The van der Waals surface area contributed by atoms with Crippen LogP contribution in [0.1, 0.15) is 52.7 Å². The van der Waals surface area contributed by atoms with Gasteiger partial charge >= 0.3 is 0 Å². The Morgan fingerprint density at radius 2 is 1.75 bits per heavy atom. The number of hydrogen-bond donors (Lipinski definition) is 0. The largest absolute Gasteiger partial charge is 0.491 e. The standard InChI is InChI=1S/C14H17NO.2C2H6/c1-4-11-9-10(3)14(16-5-2)13-12(11)7-6-8-15-13;2*1-2/h6-9H,4-5H2,1-3H3;2*1-2H3. The molecule has 2 aromatic rings. The number of fused-ring (bicyclic) bond motifs is 1. The monoisotopic (exact) mass is 275 g/mol. The summed E-state index contributed by atoms with van der Waals surface area (Å²) in [6.07, 6.45) is 2.85.